The molecule has 0 radical (unpaired) electrons. The number of likely N-dealkylation sites (N-methyl/N-ethyl adjacent to an activating group) is 1. The predicted octanol–water partition coefficient (Wildman–Crippen LogP) is 0.953. The third-order valence-corrected chi connectivity index (χ3v) is 1.88. The number of hydrogen-bond donors (Lipinski definition) is 1. The van der Waals surface area contributed by atoms with Crippen molar-refractivity contribution in [2.45, 2.75) is 26.4 Å². The van der Waals surface area contributed by atoms with E-state index in [4.69, 9.17) is 0 Å². The first-order chi connectivity index (χ1) is 4.36. The van der Waals surface area contributed by atoms with Crippen LogP contribution in [0, 0.1) is 5.92 Å². The molecule has 0 fully saturated rings. The van der Waals surface area contributed by atoms with Crippen molar-refractivity contribution in [2.75, 3.05) is 20.6 Å². The third-order valence-electron chi connectivity index (χ3n) is 1.88. The van der Waals surface area contributed by atoms with Gasteiger partial charge in [-0.15, -0.1) is 0 Å². The van der Waals surface area contributed by atoms with Gasteiger partial charge in [0.05, 0.1) is 5.60 Å². The van der Waals surface area contributed by atoms with Crippen molar-refractivity contribution in [2.24, 2.45) is 5.92 Å². The summed E-state index contributed by atoms with van der Waals surface area (Å²) in [7, 11) is 3.94. The molecule has 1 atom stereocenters. The number of rotatable bonds is 3. The van der Waals surface area contributed by atoms with Gasteiger partial charge in [0.1, 0.15) is 0 Å². The molecule has 0 saturated carbocycles. The van der Waals surface area contributed by atoms with Gasteiger partial charge in [-0.2, -0.15) is 0 Å². The van der Waals surface area contributed by atoms with Crippen LogP contribution in [-0.4, -0.2) is 36.2 Å². The Hall–Kier alpha value is 0.634. The van der Waals surface area contributed by atoms with E-state index in [0.717, 1.165) is 6.54 Å². The first-order valence-electron chi connectivity index (χ1n) is 3.73. The minimum absolute atomic E-state index is 0. The van der Waals surface area contributed by atoms with Crippen molar-refractivity contribution in [3.63, 3.8) is 0 Å². The van der Waals surface area contributed by atoms with Crippen LogP contribution in [-0.2, 0) is 21.7 Å². The molecule has 0 aromatic carbocycles. The molecule has 0 aliphatic heterocycles. The number of aliphatic hydroxyl groups is 1. The minimum Gasteiger partial charge on any atom is -0.389 e. The van der Waals surface area contributed by atoms with Crippen molar-refractivity contribution in [3.05, 3.63) is 0 Å². The minimum atomic E-state index is -0.552. The molecule has 3 heteroatoms. The summed E-state index contributed by atoms with van der Waals surface area (Å²) in [5.41, 5.74) is -0.552. The summed E-state index contributed by atoms with van der Waals surface area (Å²) in [6, 6.07) is 0. The molecule has 0 heterocycles. The van der Waals surface area contributed by atoms with Gasteiger partial charge in [0.2, 0.25) is 0 Å². The molecule has 0 aliphatic rings. The van der Waals surface area contributed by atoms with Crippen LogP contribution in [0.1, 0.15) is 20.8 Å². The average molecular weight is 193 g/mol. The van der Waals surface area contributed by atoms with Crippen LogP contribution < -0.4 is 0 Å². The Bertz CT molecular complexity index is 102. The Morgan fingerprint density at radius 2 is 1.73 bits per heavy atom. The predicted molar refractivity (Wildman–Crippen MR) is 44.0 cm³/mol. The van der Waals surface area contributed by atoms with E-state index in [0.29, 0.717) is 5.92 Å². The molecule has 66 valence electrons. The molecular formula is C8H19NOTi. The zero-order valence-corrected chi connectivity index (χ0v) is 9.74. The zero-order valence-electron chi connectivity index (χ0n) is 8.18. The van der Waals surface area contributed by atoms with Crippen LogP contribution in [0.5, 0.6) is 0 Å². The molecule has 2 nitrogen and oxygen atoms in total. The molecular weight excluding hydrogens is 174 g/mol. The van der Waals surface area contributed by atoms with Crippen LogP contribution in [0.3, 0.4) is 0 Å². The Labute approximate surface area is 84.9 Å². The maximum Gasteiger partial charge on any atom is 0.0768 e. The summed E-state index contributed by atoms with van der Waals surface area (Å²) in [4.78, 5) is 2.00. The fourth-order valence-electron chi connectivity index (χ4n) is 0.823. The Kier molecular flexibility index (Phi) is 6.84. The van der Waals surface area contributed by atoms with Gasteiger partial charge >= 0.3 is 0 Å². The van der Waals surface area contributed by atoms with Crippen molar-refractivity contribution < 1.29 is 26.8 Å². The first kappa shape index (κ1) is 14.2. The largest absolute Gasteiger partial charge is 0.389 e. The van der Waals surface area contributed by atoms with Crippen molar-refractivity contribution in [3.8, 4) is 0 Å². The standard InChI is InChI=1S/C8H19NO.Ti/c1-7(2)8(3,10)6-9(4)5;/h7,10H,6H2,1-5H3;. The Morgan fingerprint density at radius 3 is 1.82 bits per heavy atom. The molecule has 0 amide bonds. The average Bonchev–Trinajstić information content (AvgIpc) is 1.60. The van der Waals surface area contributed by atoms with Crippen LogP contribution in [0.2, 0.25) is 0 Å². The normalized spacial score (nSPS) is 16.4. The van der Waals surface area contributed by atoms with Crippen LogP contribution >= 0.6 is 0 Å². The Morgan fingerprint density at radius 1 is 1.36 bits per heavy atom. The van der Waals surface area contributed by atoms with Gasteiger partial charge in [-0.1, -0.05) is 13.8 Å². The molecule has 0 aliphatic carbocycles. The summed E-state index contributed by atoms with van der Waals surface area (Å²) in [5.74, 6) is 0.315. The van der Waals surface area contributed by atoms with E-state index < -0.39 is 5.60 Å². The number of hydrogen-bond acceptors (Lipinski definition) is 2. The molecule has 0 rings (SSSR count). The third kappa shape index (κ3) is 5.86. The van der Waals surface area contributed by atoms with E-state index in [1.165, 1.54) is 0 Å². The van der Waals surface area contributed by atoms with Crippen LogP contribution in [0.25, 0.3) is 0 Å². The summed E-state index contributed by atoms with van der Waals surface area (Å²) in [5, 5.41) is 9.72. The molecule has 0 saturated heterocycles. The summed E-state index contributed by atoms with van der Waals surface area (Å²) < 4.78 is 0. The second-order valence-electron chi connectivity index (χ2n) is 3.75. The number of nitrogens with zero attached hydrogens (tertiary/aromatic N) is 1. The van der Waals surface area contributed by atoms with Gasteiger partial charge in [-0.05, 0) is 26.9 Å². The SMILES string of the molecule is CC(C)C(C)(O)CN(C)C.[Ti]. The van der Waals surface area contributed by atoms with Crippen molar-refractivity contribution in [1.29, 1.82) is 0 Å². The fraction of sp³-hybridized carbons (Fsp3) is 1.00. The topological polar surface area (TPSA) is 23.5 Å². The molecule has 0 bridgehead atoms. The van der Waals surface area contributed by atoms with E-state index in [-0.39, 0.29) is 21.7 Å². The first-order valence-corrected chi connectivity index (χ1v) is 3.73. The molecule has 0 aromatic rings. The quantitative estimate of drug-likeness (QED) is 0.674. The van der Waals surface area contributed by atoms with Gasteiger partial charge in [-0.3, -0.25) is 0 Å². The maximum atomic E-state index is 9.72. The van der Waals surface area contributed by atoms with Gasteiger partial charge in [-0.25, -0.2) is 0 Å². The second kappa shape index (κ2) is 5.31. The van der Waals surface area contributed by atoms with Gasteiger partial charge < -0.3 is 10.0 Å². The van der Waals surface area contributed by atoms with E-state index in [2.05, 4.69) is 0 Å². The molecule has 0 spiro atoms. The molecule has 0 aromatic heterocycles. The summed E-state index contributed by atoms with van der Waals surface area (Å²) in [6.07, 6.45) is 0. The van der Waals surface area contributed by atoms with Gasteiger partial charge in [0, 0.05) is 28.3 Å². The van der Waals surface area contributed by atoms with E-state index >= 15 is 0 Å². The zero-order chi connectivity index (χ0) is 8.36. The van der Waals surface area contributed by atoms with E-state index in [1.807, 2.05) is 39.8 Å². The molecule has 1 unspecified atom stereocenters. The van der Waals surface area contributed by atoms with E-state index in [9.17, 15) is 5.11 Å². The fourth-order valence-corrected chi connectivity index (χ4v) is 0.823. The summed E-state index contributed by atoms with van der Waals surface area (Å²) >= 11 is 0. The second-order valence-corrected chi connectivity index (χ2v) is 3.75. The van der Waals surface area contributed by atoms with Crippen molar-refractivity contribution >= 4 is 0 Å². The van der Waals surface area contributed by atoms with Crippen molar-refractivity contribution in [1.82, 2.24) is 4.90 Å². The van der Waals surface area contributed by atoms with Gasteiger partial charge in [0.25, 0.3) is 0 Å². The van der Waals surface area contributed by atoms with E-state index in [1.54, 1.807) is 0 Å². The summed E-state index contributed by atoms with van der Waals surface area (Å²) in [6.45, 7) is 6.66. The van der Waals surface area contributed by atoms with Gasteiger partial charge in [0.15, 0.2) is 0 Å². The molecule has 11 heavy (non-hydrogen) atoms. The van der Waals surface area contributed by atoms with Crippen LogP contribution in [0.4, 0.5) is 0 Å². The Balaban J connectivity index is 0. The maximum absolute atomic E-state index is 9.72. The monoisotopic (exact) mass is 193 g/mol. The van der Waals surface area contributed by atoms with Crippen LogP contribution in [0.15, 0.2) is 0 Å². The molecule has 1 N–H and O–H groups in total. The smallest absolute Gasteiger partial charge is 0.0768 e.